The van der Waals surface area contributed by atoms with Crippen LogP contribution in [0.15, 0.2) is 0 Å². The zero-order valence-electron chi connectivity index (χ0n) is 15.1. The third-order valence-electron chi connectivity index (χ3n) is 4.03. The molecule has 3 N–H and O–H groups in total. The van der Waals surface area contributed by atoms with Gasteiger partial charge in [0.2, 0.25) is 5.91 Å². The summed E-state index contributed by atoms with van der Waals surface area (Å²) in [6, 6.07) is 0. The zero-order valence-corrected chi connectivity index (χ0v) is 15.1. The molecule has 0 bridgehead atoms. The van der Waals surface area contributed by atoms with Gasteiger partial charge in [-0.1, -0.05) is 71.1 Å². The first-order chi connectivity index (χ1) is 11.2. The number of hydrogen-bond donors (Lipinski definition) is 3. The van der Waals surface area contributed by atoms with E-state index in [0.29, 0.717) is 19.5 Å². The number of aliphatic hydroxyl groups excluding tert-OH is 2. The maximum Gasteiger partial charge on any atom is 0.234 e. The van der Waals surface area contributed by atoms with Gasteiger partial charge in [-0.3, -0.25) is 10.2 Å². The van der Waals surface area contributed by atoms with E-state index in [0.717, 1.165) is 12.8 Å². The van der Waals surface area contributed by atoms with Crippen LogP contribution in [0.2, 0.25) is 0 Å². The van der Waals surface area contributed by atoms with Crippen molar-refractivity contribution in [2.75, 3.05) is 26.3 Å². The lowest BCUT2D eigenvalue weighted by molar-refractivity contribution is -0.126. The number of nitrogens with zero attached hydrogens (tertiary/aromatic N) is 1. The Morgan fingerprint density at radius 2 is 1.22 bits per heavy atom. The highest BCUT2D eigenvalue weighted by Crippen LogP contribution is 2.11. The van der Waals surface area contributed by atoms with Crippen molar-refractivity contribution in [2.24, 2.45) is 0 Å². The lowest BCUT2D eigenvalue weighted by Crippen LogP contribution is -2.45. The fourth-order valence-corrected chi connectivity index (χ4v) is 2.65. The number of hydrogen-bond acceptors (Lipinski definition) is 4. The van der Waals surface area contributed by atoms with Gasteiger partial charge in [0.05, 0.1) is 13.2 Å². The highest BCUT2D eigenvalue weighted by Gasteiger charge is 2.07. The molecule has 0 aromatic heterocycles. The Labute approximate surface area is 142 Å². The van der Waals surface area contributed by atoms with Gasteiger partial charge in [0.25, 0.3) is 0 Å². The molecule has 5 nitrogen and oxygen atoms in total. The zero-order chi connectivity index (χ0) is 17.2. The number of carbonyl (C=O) groups excluding carboxylic acids is 1. The first-order valence-electron chi connectivity index (χ1n) is 9.50. The minimum atomic E-state index is -0.0290. The van der Waals surface area contributed by atoms with Crippen molar-refractivity contribution in [1.29, 1.82) is 0 Å². The van der Waals surface area contributed by atoms with E-state index in [4.69, 9.17) is 10.2 Å². The highest BCUT2D eigenvalue weighted by atomic mass is 16.3. The van der Waals surface area contributed by atoms with Gasteiger partial charge in [-0.15, -0.1) is 0 Å². The fraction of sp³-hybridized carbons (Fsp3) is 0.944. The van der Waals surface area contributed by atoms with Gasteiger partial charge in [-0.2, -0.15) is 0 Å². The second-order valence-corrected chi connectivity index (χ2v) is 6.25. The summed E-state index contributed by atoms with van der Waals surface area (Å²) >= 11 is 0. The Morgan fingerprint density at radius 1 is 0.783 bits per heavy atom. The van der Waals surface area contributed by atoms with Crippen LogP contribution in [0.25, 0.3) is 0 Å². The van der Waals surface area contributed by atoms with Crippen molar-refractivity contribution in [3.8, 4) is 0 Å². The Morgan fingerprint density at radius 3 is 1.65 bits per heavy atom. The second-order valence-electron chi connectivity index (χ2n) is 6.25. The standard InChI is InChI=1S/C18H38N2O3/c1-2-3-4-5-6-7-8-9-10-11-12-13-18(23)19-20(14-16-21)15-17-22/h21-22H,2-17H2,1H3,(H,19,23). The maximum atomic E-state index is 11.7. The number of amides is 1. The average molecular weight is 331 g/mol. The molecular weight excluding hydrogens is 292 g/mol. The van der Waals surface area contributed by atoms with Gasteiger partial charge in [0.1, 0.15) is 0 Å². The molecule has 0 saturated carbocycles. The molecule has 0 unspecified atom stereocenters. The van der Waals surface area contributed by atoms with Crippen molar-refractivity contribution in [2.45, 2.75) is 84.0 Å². The lowest BCUT2D eigenvalue weighted by atomic mass is 10.1. The molecule has 1 amide bonds. The summed E-state index contributed by atoms with van der Waals surface area (Å²) in [5.41, 5.74) is 2.73. The van der Waals surface area contributed by atoms with Gasteiger partial charge in [-0.25, -0.2) is 5.01 Å². The normalized spacial score (nSPS) is 11.1. The molecule has 0 saturated heterocycles. The fourth-order valence-electron chi connectivity index (χ4n) is 2.65. The lowest BCUT2D eigenvalue weighted by Gasteiger charge is -2.21. The van der Waals surface area contributed by atoms with E-state index in [1.165, 1.54) is 57.8 Å². The molecular formula is C18H38N2O3. The van der Waals surface area contributed by atoms with E-state index in [1.807, 2.05) is 0 Å². The second kappa shape index (κ2) is 17.7. The average Bonchev–Trinajstić information content (AvgIpc) is 2.53. The smallest absolute Gasteiger partial charge is 0.234 e. The minimum absolute atomic E-state index is 0.0252. The Balaban J connectivity index is 3.37. The largest absolute Gasteiger partial charge is 0.395 e. The number of carbonyl (C=O) groups is 1. The summed E-state index contributed by atoms with van der Waals surface area (Å²) < 4.78 is 0. The number of rotatable bonds is 17. The van der Waals surface area contributed by atoms with Gasteiger partial charge in [-0.05, 0) is 6.42 Å². The van der Waals surface area contributed by atoms with Crippen LogP contribution in [-0.4, -0.2) is 47.4 Å². The number of aliphatic hydroxyl groups is 2. The van der Waals surface area contributed by atoms with Crippen LogP contribution in [-0.2, 0) is 4.79 Å². The van der Waals surface area contributed by atoms with E-state index in [1.54, 1.807) is 5.01 Å². The summed E-state index contributed by atoms with van der Waals surface area (Å²) in [5, 5.41) is 19.3. The SMILES string of the molecule is CCCCCCCCCCCCCC(=O)NN(CCO)CCO. The number of hydrazine groups is 1. The van der Waals surface area contributed by atoms with Crippen molar-refractivity contribution in [3.63, 3.8) is 0 Å². The van der Waals surface area contributed by atoms with E-state index in [9.17, 15) is 4.79 Å². The molecule has 0 atom stereocenters. The van der Waals surface area contributed by atoms with E-state index >= 15 is 0 Å². The van der Waals surface area contributed by atoms with Crippen LogP contribution in [0.3, 0.4) is 0 Å². The van der Waals surface area contributed by atoms with Crippen LogP contribution in [0.1, 0.15) is 84.0 Å². The topological polar surface area (TPSA) is 72.8 Å². The Bertz CT molecular complexity index is 257. The molecule has 0 aliphatic rings. The molecule has 0 aliphatic heterocycles. The quantitative estimate of drug-likeness (QED) is 0.283. The molecule has 0 heterocycles. The van der Waals surface area contributed by atoms with Crippen molar-refractivity contribution >= 4 is 5.91 Å². The molecule has 0 aromatic carbocycles. The molecule has 138 valence electrons. The molecule has 0 radical (unpaired) electrons. The third kappa shape index (κ3) is 16.0. The first kappa shape index (κ1) is 22.4. The molecule has 0 rings (SSSR count). The molecule has 0 aliphatic carbocycles. The van der Waals surface area contributed by atoms with Gasteiger partial charge >= 0.3 is 0 Å². The van der Waals surface area contributed by atoms with Gasteiger partial charge in [0, 0.05) is 19.5 Å². The van der Waals surface area contributed by atoms with Gasteiger partial charge < -0.3 is 10.2 Å². The highest BCUT2D eigenvalue weighted by molar-refractivity contribution is 5.75. The van der Waals surface area contributed by atoms with Crippen LogP contribution in [0.5, 0.6) is 0 Å². The number of unbranched alkanes of at least 4 members (excludes halogenated alkanes) is 10. The Kier molecular flexibility index (Phi) is 17.2. The third-order valence-corrected chi connectivity index (χ3v) is 4.03. The van der Waals surface area contributed by atoms with E-state index < -0.39 is 0 Å². The van der Waals surface area contributed by atoms with Gasteiger partial charge in [0.15, 0.2) is 0 Å². The van der Waals surface area contributed by atoms with Crippen LogP contribution in [0, 0.1) is 0 Å². The van der Waals surface area contributed by atoms with Crippen molar-refractivity contribution in [1.82, 2.24) is 10.4 Å². The minimum Gasteiger partial charge on any atom is -0.395 e. The number of nitrogens with one attached hydrogen (secondary N) is 1. The summed E-state index contributed by atoms with van der Waals surface area (Å²) in [4.78, 5) is 11.7. The predicted molar refractivity (Wildman–Crippen MR) is 95.0 cm³/mol. The first-order valence-corrected chi connectivity index (χ1v) is 9.50. The maximum absolute atomic E-state index is 11.7. The van der Waals surface area contributed by atoms with Crippen LogP contribution >= 0.6 is 0 Å². The molecule has 5 heteroatoms. The predicted octanol–water partition coefficient (Wildman–Crippen LogP) is 3.01. The summed E-state index contributed by atoms with van der Waals surface area (Å²) in [5.74, 6) is -0.0252. The van der Waals surface area contributed by atoms with Crippen molar-refractivity contribution in [3.05, 3.63) is 0 Å². The summed E-state index contributed by atoms with van der Waals surface area (Å²) in [6.45, 7) is 2.89. The molecule has 0 spiro atoms. The van der Waals surface area contributed by atoms with E-state index in [2.05, 4.69) is 12.3 Å². The Hall–Kier alpha value is -0.650. The van der Waals surface area contributed by atoms with Crippen molar-refractivity contribution < 1.29 is 15.0 Å². The monoisotopic (exact) mass is 330 g/mol. The summed E-state index contributed by atoms with van der Waals surface area (Å²) in [7, 11) is 0. The van der Waals surface area contributed by atoms with Crippen LogP contribution < -0.4 is 5.43 Å². The van der Waals surface area contributed by atoms with Crippen LogP contribution in [0.4, 0.5) is 0 Å². The van der Waals surface area contributed by atoms with E-state index in [-0.39, 0.29) is 19.1 Å². The molecule has 0 aromatic rings. The molecule has 0 fully saturated rings. The summed E-state index contributed by atoms with van der Waals surface area (Å²) in [6.07, 6.45) is 14.5. The molecule has 23 heavy (non-hydrogen) atoms.